The van der Waals surface area contributed by atoms with Gasteiger partial charge < -0.3 is 15.4 Å². The fourth-order valence-corrected chi connectivity index (χ4v) is 3.79. The quantitative estimate of drug-likeness (QED) is 0.527. The van der Waals surface area contributed by atoms with Crippen molar-refractivity contribution in [1.29, 1.82) is 5.41 Å². The summed E-state index contributed by atoms with van der Waals surface area (Å²) in [4.78, 5) is 6.74. The van der Waals surface area contributed by atoms with Gasteiger partial charge in [-0.3, -0.25) is 10.1 Å². The van der Waals surface area contributed by atoms with E-state index in [-0.39, 0.29) is 12.2 Å². The maximum absolute atomic E-state index is 8.79. The molecule has 7 heteroatoms. The highest BCUT2D eigenvalue weighted by molar-refractivity contribution is 6.14. The molecule has 3 N–H and O–H groups in total. The first-order valence-electron chi connectivity index (χ1n) is 9.75. The number of nitrogens with two attached hydrogens (primary N) is 1. The van der Waals surface area contributed by atoms with Gasteiger partial charge in [0.15, 0.2) is 0 Å². The molecule has 0 saturated carbocycles. The van der Waals surface area contributed by atoms with Crippen LogP contribution in [0.2, 0.25) is 0 Å². The third kappa shape index (κ3) is 4.00. The minimum atomic E-state index is 0.149. The molecule has 2 aromatic heterocycles. The van der Waals surface area contributed by atoms with Gasteiger partial charge in [0.2, 0.25) is 0 Å². The lowest BCUT2D eigenvalue weighted by Gasteiger charge is -2.36. The van der Waals surface area contributed by atoms with Crippen LogP contribution >= 0.6 is 0 Å². The zero-order valence-electron chi connectivity index (χ0n) is 17.0. The number of hydrogen-bond acceptors (Lipinski definition) is 6. The first kappa shape index (κ1) is 19.1. The summed E-state index contributed by atoms with van der Waals surface area (Å²) in [5.41, 5.74) is 10.7. The van der Waals surface area contributed by atoms with E-state index in [1.54, 1.807) is 10.9 Å². The van der Waals surface area contributed by atoms with Crippen molar-refractivity contribution in [2.75, 3.05) is 23.7 Å². The van der Waals surface area contributed by atoms with Crippen molar-refractivity contribution in [3.05, 3.63) is 60.0 Å². The van der Waals surface area contributed by atoms with E-state index >= 15 is 0 Å². The van der Waals surface area contributed by atoms with E-state index in [1.165, 1.54) is 0 Å². The Morgan fingerprint density at radius 1 is 1.14 bits per heavy atom. The number of ether oxygens (including phenoxy) is 1. The lowest BCUT2D eigenvalue weighted by Crippen LogP contribution is -2.45. The summed E-state index contributed by atoms with van der Waals surface area (Å²) in [6, 6.07) is 9.57. The van der Waals surface area contributed by atoms with Crippen LogP contribution in [-0.2, 0) is 11.8 Å². The van der Waals surface area contributed by atoms with E-state index in [4.69, 9.17) is 15.9 Å². The highest BCUT2D eigenvalue weighted by Crippen LogP contribution is 2.26. The zero-order valence-corrected chi connectivity index (χ0v) is 17.0. The summed E-state index contributed by atoms with van der Waals surface area (Å²) in [6.07, 6.45) is 5.81. The summed E-state index contributed by atoms with van der Waals surface area (Å²) < 4.78 is 7.58. The molecule has 1 aliphatic heterocycles. The average Bonchev–Trinajstić information content (AvgIpc) is 3.13. The van der Waals surface area contributed by atoms with Gasteiger partial charge in [-0.05, 0) is 43.7 Å². The number of pyridine rings is 1. The van der Waals surface area contributed by atoms with Crippen LogP contribution in [0.3, 0.4) is 0 Å². The van der Waals surface area contributed by atoms with E-state index in [2.05, 4.69) is 28.8 Å². The summed E-state index contributed by atoms with van der Waals surface area (Å²) in [5.74, 6) is 0.858. The van der Waals surface area contributed by atoms with E-state index in [0.29, 0.717) is 17.0 Å². The fraction of sp³-hybridized carbons (Fsp3) is 0.318. The standard InChI is InChI=1S/C22H26N6O/c1-14-11-28(12-15(2)29-14)21-9-17(6-7-25-21)22(24)19-8-16(4-5-20(19)23)18-10-26-27(3)13-18/h4-10,13-15,24H,11-12,23H2,1-3H3/t14-,15+. The second-order valence-corrected chi connectivity index (χ2v) is 7.64. The van der Waals surface area contributed by atoms with Gasteiger partial charge in [0.05, 0.1) is 24.1 Å². The number of aryl methyl sites for hydroxylation is 1. The molecule has 0 unspecified atom stereocenters. The largest absolute Gasteiger partial charge is 0.398 e. The normalized spacial score (nSPS) is 19.3. The van der Waals surface area contributed by atoms with Crippen LogP contribution in [0.5, 0.6) is 0 Å². The molecule has 1 aromatic carbocycles. The van der Waals surface area contributed by atoms with Gasteiger partial charge in [-0.2, -0.15) is 5.10 Å². The minimum Gasteiger partial charge on any atom is -0.398 e. The van der Waals surface area contributed by atoms with Crippen LogP contribution in [0, 0.1) is 5.41 Å². The number of morpholine rings is 1. The highest BCUT2D eigenvalue weighted by atomic mass is 16.5. The van der Waals surface area contributed by atoms with Gasteiger partial charge in [0.25, 0.3) is 0 Å². The van der Waals surface area contributed by atoms with Crippen LogP contribution in [0.4, 0.5) is 11.5 Å². The van der Waals surface area contributed by atoms with Crippen molar-refractivity contribution in [3.63, 3.8) is 0 Å². The molecule has 7 nitrogen and oxygen atoms in total. The van der Waals surface area contributed by atoms with Crippen molar-refractivity contribution < 1.29 is 4.74 Å². The van der Waals surface area contributed by atoms with E-state index in [9.17, 15) is 0 Å². The lowest BCUT2D eigenvalue weighted by atomic mass is 9.97. The van der Waals surface area contributed by atoms with Crippen molar-refractivity contribution in [3.8, 4) is 11.1 Å². The lowest BCUT2D eigenvalue weighted by molar-refractivity contribution is -0.00545. The first-order valence-corrected chi connectivity index (χ1v) is 9.75. The van der Waals surface area contributed by atoms with E-state index in [0.717, 1.165) is 35.6 Å². The maximum atomic E-state index is 8.79. The number of nitrogen functional groups attached to an aromatic ring is 1. The maximum Gasteiger partial charge on any atom is 0.129 e. The second-order valence-electron chi connectivity index (χ2n) is 7.64. The third-order valence-electron chi connectivity index (χ3n) is 5.14. The summed E-state index contributed by atoms with van der Waals surface area (Å²) >= 11 is 0. The number of anilines is 2. The Kier molecular flexibility index (Phi) is 5.07. The van der Waals surface area contributed by atoms with Crippen molar-refractivity contribution in [1.82, 2.24) is 14.8 Å². The topological polar surface area (TPSA) is 93.1 Å². The molecule has 2 atom stereocenters. The summed E-state index contributed by atoms with van der Waals surface area (Å²) in [5, 5.41) is 13.0. The Morgan fingerprint density at radius 3 is 2.59 bits per heavy atom. The van der Waals surface area contributed by atoms with Crippen LogP contribution in [0.15, 0.2) is 48.9 Å². The van der Waals surface area contributed by atoms with E-state index < -0.39 is 0 Å². The Labute approximate surface area is 170 Å². The number of benzene rings is 1. The number of rotatable bonds is 4. The molecule has 1 saturated heterocycles. The number of hydrogen-bond donors (Lipinski definition) is 2. The molecule has 0 radical (unpaired) electrons. The van der Waals surface area contributed by atoms with Crippen molar-refractivity contribution >= 4 is 17.2 Å². The first-order chi connectivity index (χ1) is 13.9. The van der Waals surface area contributed by atoms with Gasteiger partial charge in [0, 0.05) is 54.9 Å². The minimum absolute atomic E-state index is 0.149. The predicted molar refractivity (Wildman–Crippen MR) is 115 cm³/mol. The van der Waals surface area contributed by atoms with Crippen LogP contribution < -0.4 is 10.6 Å². The number of nitrogens with one attached hydrogen (secondary N) is 1. The molecule has 0 bridgehead atoms. The van der Waals surface area contributed by atoms with Crippen LogP contribution in [0.25, 0.3) is 11.1 Å². The zero-order chi connectivity index (χ0) is 20.5. The predicted octanol–water partition coefficient (Wildman–Crippen LogP) is 3.09. The summed E-state index contributed by atoms with van der Waals surface area (Å²) in [6.45, 7) is 5.71. The number of nitrogens with zero attached hydrogens (tertiary/aromatic N) is 4. The molecule has 3 heterocycles. The molecule has 150 valence electrons. The van der Waals surface area contributed by atoms with Gasteiger partial charge in [-0.25, -0.2) is 4.98 Å². The Hall–Kier alpha value is -3.19. The second kappa shape index (κ2) is 7.67. The fourth-order valence-electron chi connectivity index (χ4n) is 3.79. The SMILES string of the molecule is C[C@@H]1CN(c2cc(C(=N)c3cc(-c4cnn(C)c4)ccc3N)ccn2)C[C@H](C)O1. The summed E-state index contributed by atoms with van der Waals surface area (Å²) in [7, 11) is 1.88. The Balaban J connectivity index is 1.65. The molecule has 29 heavy (non-hydrogen) atoms. The molecular formula is C22H26N6O. The van der Waals surface area contributed by atoms with Gasteiger partial charge in [-0.1, -0.05) is 6.07 Å². The smallest absolute Gasteiger partial charge is 0.129 e. The van der Waals surface area contributed by atoms with Gasteiger partial charge in [-0.15, -0.1) is 0 Å². The molecule has 0 amide bonds. The van der Waals surface area contributed by atoms with Crippen molar-refractivity contribution in [2.45, 2.75) is 26.1 Å². The molecule has 4 rings (SSSR count). The molecule has 0 spiro atoms. The Bertz CT molecular complexity index is 1030. The molecule has 1 aliphatic rings. The molecule has 1 fully saturated rings. The van der Waals surface area contributed by atoms with Crippen LogP contribution in [0.1, 0.15) is 25.0 Å². The highest BCUT2D eigenvalue weighted by Gasteiger charge is 2.23. The van der Waals surface area contributed by atoms with Gasteiger partial charge in [0.1, 0.15) is 5.82 Å². The molecule has 0 aliphatic carbocycles. The van der Waals surface area contributed by atoms with Crippen LogP contribution in [-0.4, -0.2) is 45.8 Å². The van der Waals surface area contributed by atoms with Crippen molar-refractivity contribution in [2.24, 2.45) is 7.05 Å². The Morgan fingerprint density at radius 2 is 1.90 bits per heavy atom. The number of aromatic nitrogens is 3. The monoisotopic (exact) mass is 390 g/mol. The molecular weight excluding hydrogens is 364 g/mol. The third-order valence-corrected chi connectivity index (χ3v) is 5.14. The average molecular weight is 390 g/mol. The van der Waals surface area contributed by atoms with E-state index in [1.807, 2.05) is 49.8 Å². The molecule has 3 aromatic rings. The van der Waals surface area contributed by atoms with Gasteiger partial charge >= 0.3 is 0 Å².